The maximum Gasteiger partial charge on any atom is 0.282 e. The summed E-state index contributed by atoms with van der Waals surface area (Å²) in [6.07, 6.45) is 3.74. The fraction of sp³-hybridized carbons (Fsp3) is 0.650. The lowest BCUT2D eigenvalue weighted by Crippen LogP contribution is -2.32. The maximum atomic E-state index is 5.81. The van der Waals surface area contributed by atoms with Crippen LogP contribution in [0.5, 0.6) is 5.75 Å². The number of amidine groups is 1. The van der Waals surface area contributed by atoms with Crippen LogP contribution in [-0.4, -0.2) is 25.3 Å². The zero-order chi connectivity index (χ0) is 17.4. The number of nitrogens with zero attached hydrogens (tertiary/aromatic N) is 1. The normalized spacial score (nSPS) is 25.8. The molecule has 2 N–H and O–H groups in total. The van der Waals surface area contributed by atoms with Crippen LogP contribution in [0.1, 0.15) is 58.4 Å². The summed E-state index contributed by atoms with van der Waals surface area (Å²) in [4.78, 5) is 4.02. The van der Waals surface area contributed by atoms with Crippen molar-refractivity contribution in [2.75, 3.05) is 13.2 Å². The molecule has 0 spiro atoms. The van der Waals surface area contributed by atoms with E-state index in [0.29, 0.717) is 29.9 Å². The van der Waals surface area contributed by atoms with Gasteiger partial charge in [0, 0.05) is 0 Å². The summed E-state index contributed by atoms with van der Waals surface area (Å²) < 4.78 is 11.2. The Kier molecular flexibility index (Phi) is 4.50. The summed E-state index contributed by atoms with van der Waals surface area (Å²) in [5, 5.41) is 0. The van der Waals surface area contributed by atoms with Gasteiger partial charge in [0.1, 0.15) is 12.4 Å². The third-order valence-corrected chi connectivity index (χ3v) is 5.08. The van der Waals surface area contributed by atoms with Gasteiger partial charge in [0.15, 0.2) is 6.10 Å². The third kappa shape index (κ3) is 4.22. The summed E-state index contributed by atoms with van der Waals surface area (Å²) >= 11 is 0. The lowest BCUT2D eigenvalue weighted by atomic mass is 9.60. The zero-order valence-electron chi connectivity index (χ0n) is 15.3. The van der Waals surface area contributed by atoms with Gasteiger partial charge in [-0.2, -0.15) is 0 Å². The zero-order valence-corrected chi connectivity index (χ0v) is 15.3. The van der Waals surface area contributed by atoms with Crippen LogP contribution in [0.3, 0.4) is 0 Å². The molecule has 24 heavy (non-hydrogen) atoms. The van der Waals surface area contributed by atoms with E-state index in [4.69, 9.17) is 15.2 Å². The number of benzene rings is 1. The predicted octanol–water partition coefficient (Wildman–Crippen LogP) is 4.10. The molecule has 0 radical (unpaired) electrons. The van der Waals surface area contributed by atoms with Crippen LogP contribution in [-0.2, 0) is 4.74 Å². The van der Waals surface area contributed by atoms with E-state index in [2.05, 4.69) is 57.0 Å². The maximum absolute atomic E-state index is 5.81. The van der Waals surface area contributed by atoms with Crippen LogP contribution in [0, 0.1) is 10.8 Å². The molecule has 0 saturated heterocycles. The minimum Gasteiger partial charge on any atom is -0.490 e. The molecule has 3 rings (SSSR count). The first-order valence-corrected chi connectivity index (χ1v) is 8.92. The van der Waals surface area contributed by atoms with Crippen molar-refractivity contribution in [3.05, 3.63) is 29.8 Å². The molecule has 1 fully saturated rings. The highest BCUT2D eigenvalue weighted by atomic mass is 16.5. The van der Waals surface area contributed by atoms with Crippen LogP contribution in [0.2, 0.25) is 0 Å². The summed E-state index contributed by atoms with van der Waals surface area (Å²) in [7, 11) is 0. The smallest absolute Gasteiger partial charge is 0.282 e. The molecule has 1 aliphatic carbocycles. The fourth-order valence-corrected chi connectivity index (χ4v) is 4.63. The van der Waals surface area contributed by atoms with E-state index >= 15 is 0 Å². The Balaban J connectivity index is 1.60. The van der Waals surface area contributed by atoms with E-state index in [1.807, 2.05) is 0 Å². The number of hydrogen-bond donors (Lipinski definition) is 1. The van der Waals surface area contributed by atoms with E-state index < -0.39 is 0 Å². The Hall–Kier alpha value is -1.71. The van der Waals surface area contributed by atoms with Gasteiger partial charge < -0.3 is 15.2 Å². The lowest BCUT2D eigenvalue weighted by molar-refractivity contribution is 0.0968. The molecule has 0 bridgehead atoms. The van der Waals surface area contributed by atoms with Crippen LogP contribution >= 0.6 is 0 Å². The lowest BCUT2D eigenvalue weighted by Gasteiger charge is -2.45. The monoisotopic (exact) mass is 330 g/mol. The summed E-state index contributed by atoms with van der Waals surface area (Å²) in [6, 6.07) is 8.85. The van der Waals surface area contributed by atoms with Crippen molar-refractivity contribution in [1.82, 2.24) is 0 Å². The fourth-order valence-electron chi connectivity index (χ4n) is 4.63. The van der Waals surface area contributed by atoms with Crippen LogP contribution in [0.4, 0.5) is 0 Å². The van der Waals surface area contributed by atoms with Gasteiger partial charge in [-0.3, -0.25) is 0 Å². The quantitative estimate of drug-likeness (QED) is 0.904. The molecular weight excluding hydrogens is 300 g/mol. The van der Waals surface area contributed by atoms with E-state index in [-0.39, 0.29) is 12.1 Å². The average Bonchev–Trinajstić information content (AvgIpc) is 2.88. The van der Waals surface area contributed by atoms with E-state index in [1.54, 1.807) is 0 Å². The molecule has 1 aromatic rings. The predicted molar refractivity (Wildman–Crippen MR) is 97.5 cm³/mol. The summed E-state index contributed by atoms with van der Waals surface area (Å²) in [5.41, 5.74) is 7.74. The first kappa shape index (κ1) is 17.1. The Labute approximate surface area is 145 Å². The molecule has 1 atom stereocenters. The van der Waals surface area contributed by atoms with Crippen molar-refractivity contribution < 1.29 is 9.47 Å². The van der Waals surface area contributed by atoms with E-state index in [1.165, 1.54) is 24.8 Å². The SMILES string of the molecule is CC1(C)CC(c2ccc(OCC3CN=C(N)O3)cc2)CC(C)(C)C1. The van der Waals surface area contributed by atoms with Crippen molar-refractivity contribution in [3.8, 4) is 5.75 Å². The molecule has 1 aromatic carbocycles. The Morgan fingerprint density at radius 1 is 1.12 bits per heavy atom. The third-order valence-electron chi connectivity index (χ3n) is 5.08. The molecular formula is C20H30N2O2. The number of hydrogen-bond acceptors (Lipinski definition) is 4. The summed E-state index contributed by atoms with van der Waals surface area (Å²) in [5.74, 6) is 1.51. The van der Waals surface area contributed by atoms with Gasteiger partial charge in [0.2, 0.25) is 0 Å². The molecule has 132 valence electrons. The first-order chi connectivity index (χ1) is 11.2. The minimum absolute atomic E-state index is 0.0652. The average molecular weight is 330 g/mol. The summed E-state index contributed by atoms with van der Waals surface area (Å²) in [6.45, 7) is 10.6. The van der Waals surface area contributed by atoms with Crippen molar-refractivity contribution in [3.63, 3.8) is 0 Å². The highest BCUT2D eigenvalue weighted by molar-refractivity contribution is 5.73. The molecule has 4 nitrogen and oxygen atoms in total. The van der Waals surface area contributed by atoms with Crippen molar-refractivity contribution in [1.29, 1.82) is 0 Å². The van der Waals surface area contributed by atoms with Gasteiger partial charge in [-0.05, 0) is 53.7 Å². The van der Waals surface area contributed by atoms with E-state index in [0.717, 1.165) is 5.75 Å². The van der Waals surface area contributed by atoms with Crippen molar-refractivity contribution in [2.45, 2.75) is 59.0 Å². The first-order valence-electron chi connectivity index (χ1n) is 8.92. The minimum atomic E-state index is -0.0652. The van der Waals surface area contributed by atoms with Crippen molar-refractivity contribution >= 4 is 6.02 Å². The second-order valence-electron chi connectivity index (χ2n) is 8.91. The van der Waals surface area contributed by atoms with Crippen LogP contribution in [0.25, 0.3) is 0 Å². The highest BCUT2D eigenvalue weighted by Crippen LogP contribution is 2.51. The molecule has 0 aromatic heterocycles. The molecule has 1 heterocycles. The van der Waals surface area contributed by atoms with Crippen molar-refractivity contribution in [2.24, 2.45) is 21.6 Å². The topological polar surface area (TPSA) is 56.8 Å². The Bertz CT molecular complexity index is 589. The van der Waals surface area contributed by atoms with E-state index in [9.17, 15) is 0 Å². The number of aliphatic imine (C=N–C) groups is 1. The van der Waals surface area contributed by atoms with Gasteiger partial charge in [-0.15, -0.1) is 0 Å². The van der Waals surface area contributed by atoms with Gasteiger partial charge >= 0.3 is 0 Å². The number of rotatable bonds is 4. The Morgan fingerprint density at radius 2 is 1.75 bits per heavy atom. The molecule has 4 heteroatoms. The molecule has 1 saturated carbocycles. The molecule has 1 unspecified atom stereocenters. The van der Waals surface area contributed by atoms with Gasteiger partial charge in [-0.1, -0.05) is 39.8 Å². The van der Waals surface area contributed by atoms with Gasteiger partial charge in [-0.25, -0.2) is 4.99 Å². The van der Waals surface area contributed by atoms with Crippen LogP contribution in [0.15, 0.2) is 29.3 Å². The van der Waals surface area contributed by atoms with Gasteiger partial charge in [0.05, 0.1) is 6.54 Å². The van der Waals surface area contributed by atoms with Gasteiger partial charge in [0.25, 0.3) is 6.02 Å². The largest absolute Gasteiger partial charge is 0.490 e. The number of nitrogens with two attached hydrogens (primary N) is 1. The second kappa shape index (κ2) is 6.30. The highest BCUT2D eigenvalue weighted by Gasteiger charge is 2.38. The van der Waals surface area contributed by atoms with Crippen LogP contribution < -0.4 is 10.5 Å². The Morgan fingerprint density at radius 3 is 2.29 bits per heavy atom. The number of ether oxygens (including phenoxy) is 2. The second-order valence-corrected chi connectivity index (χ2v) is 8.91. The molecule has 1 aliphatic heterocycles. The standard InChI is InChI=1S/C20H30N2O2/c1-19(2)9-15(10-20(3,4)13-19)14-5-7-16(8-6-14)23-12-17-11-22-18(21)24-17/h5-8,15,17H,9-13H2,1-4H3,(H2,21,22). The molecule has 0 amide bonds. The molecule has 2 aliphatic rings.